The van der Waals surface area contributed by atoms with E-state index in [1.165, 1.54) is 17.7 Å². The van der Waals surface area contributed by atoms with E-state index in [2.05, 4.69) is 55.6 Å². The fourth-order valence-electron chi connectivity index (χ4n) is 6.43. The fourth-order valence-corrected chi connectivity index (χ4v) is 6.43. The third-order valence-electron chi connectivity index (χ3n) is 8.63. The molecule has 2 saturated heterocycles. The zero-order valence-corrected chi connectivity index (χ0v) is 23.1. The van der Waals surface area contributed by atoms with Gasteiger partial charge in [0.2, 0.25) is 0 Å². The van der Waals surface area contributed by atoms with Crippen molar-refractivity contribution >= 4 is 17.5 Å². The zero-order valence-electron chi connectivity index (χ0n) is 23.1. The fraction of sp³-hybridized carbons (Fsp3) is 0.516. The van der Waals surface area contributed by atoms with Crippen molar-refractivity contribution in [2.45, 2.75) is 44.4 Å². The number of H-pyrrole nitrogens is 1. The minimum atomic E-state index is -0.757. The van der Waals surface area contributed by atoms with Crippen molar-refractivity contribution < 1.29 is 14.6 Å². The van der Waals surface area contributed by atoms with E-state index >= 15 is 0 Å². The number of nitrogens with one attached hydrogen (secondary N) is 2. The van der Waals surface area contributed by atoms with Crippen molar-refractivity contribution in [2.75, 3.05) is 62.7 Å². The highest BCUT2D eigenvalue weighted by molar-refractivity contribution is 5.71. The highest BCUT2D eigenvalue weighted by Gasteiger charge is 2.28. The first-order chi connectivity index (χ1) is 19.6. The minimum Gasteiger partial charge on any atom is -0.481 e. The molecule has 3 aliphatic rings. The normalized spacial score (nSPS) is 20.2. The number of carboxylic acid groups (broad SMARTS) is 1. The molecule has 3 aromatic rings. The standard InChI is InChI=1S/C31H40N6O3/c38-30(39)19-26(24-16-25(29-7-10-33-35-29)18-28(17-24)37-12-14-40-15-13-37)21-36-11-8-22(20-36)3-5-27-6-4-23-2-1-9-32-31(23)34-27/h4,6-7,10,16-18,22,26H,1-3,5,8-9,11-15,19-21H2,(H,32,34)(H,33,35)(H,38,39)/t22-,26?/m1/s1. The maximum absolute atomic E-state index is 12.0. The number of aromatic nitrogens is 3. The third kappa shape index (κ3) is 6.47. The van der Waals surface area contributed by atoms with Crippen LogP contribution in [0.2, 0.25) is 0 Å². The van der Waals surface area contributed by atoms with Crippen molar-refractivity contribution in [1.82, 2.24) is 20.1 Å². The molecule has 212 valence electrons. The predicted molar refractivity (Wildman–Crippen MR) is 156 cm³/mol. The number of fused-ring (bicyclic) bond motifs is 1. The molecule has 1 aromatic carbocycles. The number of carboxylic acids is 1. The van der Waals surface area contributed by atoms with Gasteiger partial charge in [-0.25, -0.2) is 4.98 Å². The topological polar surface area (TPSA) is 107 Å². The number of morpholine rings is 1. The van der Waals surface area contributed by atoms with Gasteiger partial charge in [-0.1, -0.05) is 6.07 Å². The number of likely N-dealkylation sites (tertiary alicyclic amines) is 1. The molecule has 0 bridgehead atoms. The van der Waals surface area contributed by atoms with Crippen LogP contribution in [0.25, 0.3) is 11.3 Å². The van der Waals surface area contributed by atoms with Crippen molar-refractivity contribution in [3.05, 3.63) is 59.4 Å². The Morgan fingerprint density at radius 2 is 2.05 bits per heavy atom. The van der Waals surface area contributed by atoms with Crippen LogP contribution in [0.1, 0.15) is 48.4 Å². The van der Waals surface area contributed by atoms with Gasteiger partial charge in [-0.05, 0) is 86.0 Å². The molecule has 1 unspecified atom stereocenters. The average Bonchev–Trinajstić information content (AvgIpc) is 3.69. The summed E-state index contributed by atoms with van der Waals surface area (Å²) in [5.74, 6) is 0.832. The minimum absolute atomic E-state index is 0.0905. The largest absolute Gasteiger partial charge is 0.481 e. The first-order valence-corrected chi connectivity index (χ1v) is 14.7. The number of pyridine rings is 1. The van der Waals surface area contributed by atoms with Crippen LogP contribution >= 0.6 is 0 Å². The highest BCUT2D eigenvalue weighted by Crippen LogP contribution is 2.33. The first kappa shape index (κ1) is 26.8. The Bertz CT molecular complexity index is 1290. The Kier molecular flexibility index (Phi) is 8.29. The second-order valence-corrected chi connectivity index (χ2v) is 11.5. The maximum atomic E-state index is 12.0. The SMILES string of the molecule is O=C(O)CC(CN1CC[C@@H](CCc2ccc3c(n2)NCCC3)C1)c1cc(-c2ccn[nH]2)cc(N2CCOCC2)c1. The lowest BCUT2D eigenvalue weighted by molar-refractivity contribution is -0.137. The van der Waals surface area contributed by atoms with Crippen LogP contribution in [0.3, 0.4) is 0 Å². The summed E-state index contributed by atoms with van der Waals surface area (Å²) in [4.78, 5) is 21.7. The molecule has 0 saturated carbocycles. The number of rotatable bonds is 10. The number of anilines is 2. The number of ether oxygens (including phenoxy) is 1. The van der Waals surface area contributed by atoms with Crippen LogP contribution in [0, 0.1) is 5.92 Å². The summed E-state index contributed by atoms with van der Waals surface area (Å²) < 4.78 is 5.58. The van der Waals surface area contributed by atoms with Crippen LogP contribution in [-0.2, 0) is 22.4 Å². The molecular weight excluding hydrogens is 504 g/mol. The smallest absolute Gasteiger partial charge is 0.304 e. The Morgan fingerprint density at radius 3 is 2.88 bits per heavy atom. The summed E-state index contributed by atoms with van der Waals surface area (Å²) in [6.45, 7) is 6.85. The van der Waals surface area contributed by atoms with Crippen LogP contribution in [-0.4, -0.2) is 83.6 Å². The summed E-state index contributed by atoms with van der Waals surface area (Å²) in [7, 11) is 0. The van der Waals surface area contributed by atoms with Gasteiger partial charge in [0.15, 0.2) is 0 Å². The number of carbonyl (C=O) groups is 1. The van der Waals surface area contributed by atoms with Gasteiger partial charge in [0.05, 0.1) is 25.3 Å². The Morgan fingerprint density at radius 1 is 1.15 bits per heavy atom. The van der Waals surface area contributed by atoms with Gasteiger partial charge in [-0.15, -0.1) is 0 Å². The first-order valence-electron chi connectivity index (χ1n) is 14.7. The quantitative estimate of drug-likeness (QED) is 0.349. The van der Waals surface area contributed by atoms with E-state index in [0.717, 1.165) is 93.3 Å². The molecular formula is C31H40N6O3. The summed E-state index contributed by atoms with van der Waals surface area (Å²) in [5.41, 5.74) is 6.68. The number of aliphatic carboxylic acids is 1. The molecule has 2 fully saturated rings. The molecule has 6 rings (SSSR count). The molecule has 2 atom stereocenters. The molecule has 3 N–H and O–H groups in total. The molecule has 40 heavy (non-hydrogen) atoms. The molecule has 0 amide bonds. The van der Waals surface area contributed by atoms with Gasteiger partial charge < -0.3 is 25.0 Å². The summed E-state index contributed by atoms with van der Waals surface area (Å²) in [5, 5.41) is 20.5. The van der Waals surface area contributed by atoms with Crippen molar-refractivity contribution in [3.63, 3.8) is 0 Å². The lowest BCUT2D eigenvalue weighted by Gasteiger charge is -2.31. The molecule has 3 aliphatic heterocycles. The van der Waals surface area contributed by atoms with Crippen molar-refractivity contribution in [2.24, 2.45) is 5.92 Å². The van der Waals surface area contributed by atoms with Gasteiger partial charge in [0.25, 0.3) is 0 Å². The van der Waals surface area contributed by atoms with Gasteiger partial charge >= 0.3 is 5.97 Å². The third-order valence-corrected chi connectivity index (χ3v) is 8.63. The Balaban J connectivity index is 1.14. The van der Waals surface area contributed by atoms with E-state index < -0.39 is 5.97 Å². The van der Waals surface area contributed by atoms with E-state index in [-0.39, 0.29) is 12.3 Å². The van der Waals surface area contributed by atoms with Gasteiger partial charge in [0, 0.05) is 61.8 Å². The van der Waals surface area contributed by atoms with E-state index in [9.17, 15) is 9.90 Å². The number of aryl methyl sites for hydroxylation is 2. The number of hydrogen-bond acceptors (Lipinski definition) is 7. The average molecular weight is 545 g/mol. The second kappa shape index (κ2) is 12.4. The van der Waals surface area contributed by atoms with Gasteiger partial charge in [0.1, 0.15) is 5.82 Å². The van der Waals surface area contributed by atoms with Crippen LogP contribution in [0.15, 0.2) is 42.6 Å². The lowest BCUT2D eigenvalue weighted by Crippen LogP contribution is -2.36. The van der Waals surface area contributed by atoms with E-state index in [1.807, 2.05) is 6.07 Å². The Hall–Kier alpha value is -3.43. The zero-order chi connectivity index (χ0) is 27.3. The molecule has 0 aliphatic carbocycles. The number of aromatic amines is 1. The molecule has 9 nitrogen and oxygen atoms in total. The van der Waals surface area contributed by atoms with Crippen molar-refractivity contribution in [1.29, 1.82) is 0 Å². The van der Waals surface area contributed by atoms with Crippen LogP contribution in [0.5, 0.6) is 0 Å². The number of hydrogen-bond donors (Lipinski definition) is 3. The monoisotopic (exact) mass is 544 g/mol. The summed E-state index contributed by atoms with van der Waals surface area (Å²) in [6.07, 6.45) is 7.41. The molecule has 9 heteroatoms. The van der Waals surface area contributed by atoms with E-state index in [1.54, 1.807) is 6.20 Å². The maximum Gasteiger partial charge on any atom is 0.304 e. The van der Waals surface area contributed by atoms with Crippen LogP contribution in [0.4, 0.5) is 11.5 Å². The van der Waals surface area contributed by atoms with Crippen LogP contribution < -0.4 is 10.2 Å². The molecule has 0 radical (unpaired) electrons. The lowest BCUT2D eigenvalue weighted by atomic mass is 9.92. The van der Waals surface area contributed by atoms with Gasteiger partial charge in [-0.3, -0.25) is 9.89 Å². The molecule has 0 spiro atoms. The summed E-state index contributed by atoms with van der Waals surface area (Å²) in [6, 6.07) is 12.9. The van der Waals surface area contributed by atoms with Gasteiger partial charge in [-0.2, -0.15) is 5.10 Å². The second-order valence-electron chi connectivity index (χ2n) is 11.5. The van der Waals surface area contributed by atoms with Crippen molar-refractivity contribution in [3.8, 4) is 11.3 Å². The van der Waals surface area contributed by atoms with E-state index in [0.29, 0.717) is 19.1 Å². The predicted octanol–water partition coefficient (Wildman–Crippen LogP) is 4.18. The number of benzene rings is 1. The molecule has 2 aromatic heterocycles. The van der Waals surface area contributed by atoms with E-state index in [4.69, 9.17) is 9.72 Å². The number of nitrogens with zero attached hydrogens (tertiary/aromatic N) is 4. The molecule has 5 heterocycles. The Labute approximate surface area is 235 Å². The highest BCUT2D eigenvalue weighted by atomic mass is 16.5. The summed E-state index contributed by atoms with van der Waals surface area (Å²) >= 11 is 0.